The Morgan fingerprint density at radius 2 is 2.13 bits per heavy atom. The Morgan fingerprint density at radius 1 is 1.47 bits per heavy atom. The molecule has 4 heteroatoms. The van der Waals surface area contributed by atoms with Gasteiger partial charge in [-0.3, -0.25) is 0 Å². The van der Waals surface area contributed by atoms with Crippen LogP contribution in [0.25, 0.3) is 0 Å². The number of nitrogens with two attached hydrogens (primary N) is 1. The summed E-state index contributed by atoms with van der Waals surface area (Å²) in [5.74, 6) is 0. The molecule has 1 saturated carbocycles. The Kier molecular flexibility index (Phi) is 3.09. The SMILES string of the molecule is CN(C)Cc1nc(C2(N)CCCC2)cs1. The van der Waals surface area contributed by atoms with Gasteiger partial charge in [-0.25, -0.2) is 4.98 Å². The van der Waals surface area contributed by atoms with E-state index in [-0.39, 0.29) is 5.54 Å². The molecular weight excluding hydrogens is 206 g/mol. The fourth-order valence-electron chi connectivity index (χ4n) is 2.14. The molecule has 1 fully saturated rings. The highest BCUT2D eigenvalue weighted by Crippen LogP contribution is 2.36. The summed E-state index contributed by atoms with van der Waals surface area (Å²) in [4.78, 5) is 6.80. The summed E-state index contributed by atoms with van der Waals surface area (Å²) >= 11 is 1.73. The number of nitrogens with zero attached hydrogens (tertiary/aromatic N) is 2. The normalized spacial score (nSPS) is 20.0. The van der Waals surface area contributed by atoms with Crippen molar-refractivity contribution in [2.24, 2.45) is 5.73 Å². The van der Waals surface area contributed by atoms with Gasteiger partial charge in [-0.1, -0.05) is 12.8 Å². The molecule has 1 heterocycles. The Bertz CT molecular complexity index is 326. The van der Waals surface area contributed by atoms with Crippen LogP contribution >= 0.6 is 11.3 Å². The lowest BCUT2D eigenvalue weighted by Crippen LogP contribution is -2.33. The van der Waals surface area contributed by atoms with Crippen molar-refractivity contribution in [2.75, 3.05) is 14.1 Å². The van der Waals surface area contributed by atoms with Gasteiger partial charge in [0.05, 0.1) is 11.2 Å². The average molecular weight is 225 g/mol. The van der Waals surface area contributed by atoms with Crippen LogP contribution in [0.3, 0.4) is 0 Å². The minimum Gasteiger partial charge on any atom is -0.320 e. The second-order valence-corrected chi connectivity index (χ2v) is 5.67. The third-order valence-corrected chi connectivity index (χ3v) is 3.84. The molecular formula is C11H19N3S. The third kappa shape index (κ3) is 2.38. The van der Waals surface area contributed by atoms with E-state index in [0.29, 0.717) is 0 Å². The molecule has 0 aliphatic heterocycles. The van der Waals surface area contributed by atoms with Crippen molar-refractivity contribution in [2.45, 2.75) is 37.8 Å². The van der Waals surface area contributed by atoms with E-state index in [1.165, 1.54) is 17.8 Å². The first-order valence-corrected chi connectivity index (χ1v) is 6.37. The topological polar surface area (TPSA) is 42.2 Å². The smallest absolute Gasteiger partial charge is 0.107 e. The Balaban J connectivity index is 2.12. The fourth-order valence-corrected chi connectivity index (χ4v) is 3.16. The molecule has 1 aromatic rings. The van der Waals surface area contributed by atoms with Crippen LogP contribution < -0.4 is 5.73 Å². The van der Waals surface area contributed by atoms with Crippen molar-refractivity contribution < 1.29 is 0 Å². The van der Waals surface area contributed by atoms with Crippen LogP contribution in [0, 0.1) is 0 Å². The van der Waals surface area contributed by atoms with Crippen molar-refractivity contribution in [1.82, 2.24) is 9.88 Å². The van der Waals surface area contributed by atoms with Gasteiger partial charge in [0.2, 0.25) is 0 Å². The van der Waals surface area contributed by atoms with Crippen molar-refractivity contribution in [1.29, 1.82) is 0 Å². The lowest BCUT2D eigenvalue weighted by Gasteiger charge is -2.20. The second-order valence-electron chi connectivity index (χ2n) is 4.73. The van der Waals surface area contributed by atoms with E-state index in [2.05, 4.69) is 29.4 Å². The molecule has 0 bridgehead atoms. The van der Waals surface area contributed by atoms with Gasteiger partial charge in [-0.05, 0) is 26.9 Å². The number of hydrogen-bond acceptors (Lipinski definition) is 4. The van der Waals surface area contributed by atoms with E-state index in [9.17, 15) is 0 Å². The van der Waals surface area contributed by atoms with Gasteiger partial charge in [0, 0.05) is 11.9 Å². The maximum Gasteiger partial charge on any atom is 0.107 e. The molecule has 0 atom stereocenters. The predicted molar refractivity (Wildman–Crippen MR) is 63.8 cm³/mol. The molecule has 1 aromatic heterocycles. The first-order chi connectivity index (χ1) is 7.10. The maximum atomic E-state index is 6.36. The van der Waals surface area contributed by atoms with E-state index in [1.54, 1.807) is 11.3 Å². The molecule has 2 rings (SSSR count). The summed E-state index contributed by atoms with van der Waals surface area (Å²) in [6.07, 6.45) is 4.68. The number of aromatic nitrogens is 1. The minimum absolute atomic E-state index is 0.124. The summed E-state index contributed by atoms with van der Waals surface area (Å²) < 4.78 is 0. The Morgan fingerprint density at radius 3 is 2.73 bits per heavy atom. The lowest BCUT2D eigenvalue weighted by atomic mass is 9.96. The van der Waals surface area contributed by atoms with Gasteiger partial charge < -0.3 is 10.6 Å². The molecule has 1 aliphatic carbocycles. The van der Waals surface area contributed by atoms with E-state index >= 15 is 0 Å². The first kappa shape index (κ1) is 11.0. The highest BCUT2D eigenvalue weighted by Gasteiger charge is 2.33. The molecule has 0 saturated heterocycles. The predicted octanol–water partition coefficient (Wildman–Crippen LogP) is 1.93. The fraction of sp³-hybridized carbons (Fsp3) is 0.727. The van der Waals surface area contributed by atoms with Crippen LogP contribution in [-0.4, -0.2) is 24.0 Å². The largest absolute Gasteiger partial charge is 0.320 e. The van der Waals surface area contributed by atoms with E-state index in [4.69, 9.17) is 5.73 Å². The van der Waals surface area contributed by atoms with E-state index in [1.807, 2.05) is 0 Å². The molecule has 0 amide bonds. The van der Waals surface area contributed by atoms with E-state index in [0.717, 1.165) is 25.1 Å². The van der Waals surface area contributed by atoms with Gasteiger partial charge >= 0.3 is 0 Å². The Labute approximate surface area is 95.3 Å². The zero-order valence-electron chi connectivity index (χ0n) is 9.49. The van der Waals surface area contributed by atoms with Crippen molar-refractivity contribution in [3.05, 3.63) is 16.1 Å². The van der Waals surface area contributed by atoms with Crippen LogP contribution in [0.1, 0.15) is 36.4 Å². The molecule has 84 valence electrons. The second kappa shape index (κ2) is 4.20. The van der Waals surface area contributed by atoms with Crippen molar-refractivity contribution in [3.63, 3.8) is 0 Å². The number of hydrogen-bond donors (Lipinski definition) is 1. The summed E-state index contributed by atoms with van der Waals surface area (Å²) in [5.41, 5.74) is 7.34. The molecule has 0 radical (unpaired) electrons. The number of rotatable bonds is 3. The monoisotopic (exact) mass is 225 g/mol. The van der Waals surface area contributed by atoms with Gasteiger partial charge in [0.1, 0.15) is 5.01 Å². The zero-order valence-corrected chi connectivity index (χ0v) is 10.3. The quantitative estimate of drug-likeness (QED) is 0.854. The van der Waals surface area contributed by atoms with Crippen LogP contribution in [0.4, 0.5) is 0 Å². The molecule has 0 unspecified atom stereocenters. The molecule has 0 aromatic carbocycles. The Hall–Kier alpha value is -0.450. The minimum atomic E-state index is -0.124. The van der Waals surface area contributed by atoms with Crippen molar-refractivity contribution in [3.8, 4) is 0 Å². The maximum absolute atomic E-state index is 6.36. The third-order valence-electron chi connectivity index (χ3n) is 3.01. The van der Waals surface area contributed by atoms with Crippen LogP contribution in [0.2, 0.25) is 0 Å². The number of thiazole rings is 1. The highest BCUT2D eigenvalue weighted by atomic mass is 32.1. The molecule has 0 spiro atoms. The van der Waals surface area contributed by atoms with Gasteiger partial charge in [0.25, 0.3) is 0 Å². The summed E-state index contributed by atoms with van der Waals surface area (Å²) in [5, 5.41) is 3.32. The van der Waals surface area contributed by atoms with Crippen LogP contribution in [0.15, 0.2) is 5.38 Å². The molecule has 1 aliphatic rings. The lowest BCUT2D eigenvalue weighted by molar-refractivity contribution is 0.397. The average Bonchev–Trinajstić information content (AvgIpc) is 2.74. The van der Waals surface area contributed by atoms with Gasteiger partial charge in [-0.2, -0.15) is 0 Å². The van der Waals surface area contributed by atoms with Crippen LogP contribution in [-0.2, 0) is 12.1 Å². The molecule has 2 N–H and O–H groups in total. The first-order valence-electron chi connectivity index (χ1n) is 5.49. The summed E-state index contributed by atoms with van der Waals surface area (Å²) in [7, 11) is 4.13. The van der Waals surface area contributed by atoms with Crippen LogP contribution in [0.5, 0.6) is 0 Å². The summed E-state index contributed by atoms with van der Waals surface area (Å²) in [6.45, 7) is 0.917. The standard InChI is InChI=1S/C11H19N3S/c1-14(2)7-10-13-9(8-15-10)11(12)5-3-4-6-11/h8H,3-7,12H2,1-2H3. The van der Waals surface area contributed by atoms with Crippen molar-refractivity contribution >= 4 is 11.3 Å². The highest BCUT2D eigenvalue weighted by molar-refractivity contribution is 7.09. The molecule has 3 nitrogen and oxygen atoms in total. The summed E-state index contributed by atoms with van der Waals surface area (Å²) in [6, 6.07) is 0. The van der Waals surface area contributed by atoms with Gasteiger partial charge in [0.15, 0.2) is 0 Å². The van der Waals surface area contributed by atoms with E-state index < -0.39 is 0 Å². The van der Waals surface area contributed by atoms with Gasteiger partial charge in [-0.15, -0.1) is 11.3 Å². The molecule has 15 heavy (non-hydrogen) atoms. The zero-order chi connectivity index (χ0) is 10.9.